The molecule has 0 radical (unpaired) electrons. The molecular formula is C24H30N4O. The molecule has 0 aliphatic carbocycles. The van der Waals surface area contributed by atoms with E-state index in [0.717, 1.165) is 47.5 Å². The van der Waals surface area contributed by atoms with Crippen LogP contribution in [-0.4, -0.2) is 35.0 Å². The predicted molar refractivity (Wildman–Crippen MR) is 118 cm³/mol. The zero-order valence-corrected chi connectivity index (χ0v) is 17.7. The summed E-state index contributed by atoms with van der Waals surface area (Å²) < 4.78 is 0. The van der Waals surface area contributed by atoms with Gasteiger partial charge in [0, 0.05) is 40.9 Å². The number of rotatable bonds is 5. The lowest BCUT2D eigenvalue weighted by atomic mass is 9.93. The van der Waals surface area contributed by atoms with Gasteiger partial charge in [0.05, 0.1) is 11.6 Å². The first-order valence-electron chi connectivity index (χ1n) is 10.5. The van der Waals surface area contributed by atoms with Crippen LogP contribution in [0.4, 0.5) is 0 Å². The van der Waals surface area contributed by atoms with Gasteiger partial charge in [-0.2, -0.15) is 0 Å². The summed E-state index contributed by atoms with van der Waals surface area (Å²) in [5.74, 6) is 0.280. The molecule has 1 aliphatic heterocycles. The first-order valence-corrected chi connectivity index (χ1v) is 10.5. The van der Waals surface area contributed by atoms with Crippen LogP contribution in [-0.2, 0) is 4.79 Å². The summed E-state index contributed by atoms with van der Waals surface area (Å²) in [6, 6.07) is 10.8. The number of carbonyl (C=O) groups excluding carboxylic acids is 1. The van der Waals surface area contributed by atoms with Crippen LogP contribution in [0.5, 0.6) is 0 Å². The summed E-state index contributed by atoms with van der Waals surface area (Å²) in [7, 11) is 0. The Morgan fingerprint density at radius 3 is 2.72 bits per heavy atom. The van der Waals surface area contributed by atoms with Crippen molar-refractivity contribution in [3.8, 4) is 11.3 Å². The molecule has 152 valence electrons. The summed E-state index contributed by atoms with van der Waals surface area (Å²) >= 11 is 0. The highest BCUT2D eigenvalue weighted by Gasteiger charge is 2.23. The summed E-state index contributed by atoms with van der Waals surface area (Å²) in [6.45, 7) is 10.3. The molecular weight excluding hydrogens is 360 g/mol. The Morgan fingerprint density at radius 1 is 1.21 bits per heavy atom. The number of H-pyrrole nitrogens is 1. The van der Waals surface area contributed by atoms with Gasteiger partial charge in [0.2, 0.25) is 5.91 Å². The van der Waals surface area contributed by atoms with Crippen LogP contribution in [0.25, 0.3) is 22.2 Å². The van der Waals surface area contributed by atoms with Gasteiger partial charge in [0.15, 0.2) is 0 Å². The molecule has 1 fully saturated rings. The quantitative estimate of drug-likeness (QED) is 0.610. The van der Waals surface area contributed by atoms with Crippen molar-refractivity contribution >= 4 is 16.8 Å². The number of hydrogen-bond donors (Lipinski definition) is 3. The van der Waals surface area contributed by atoms with Gasteiger partial charge in [-0.3, -0.25) is 9.78 Å². The molecule has 5 nitrogen and oxygen atoms in total. The summed E-state index contributed by atoms with van der Waals surface area (Å²) in [5, 5.41) is 7.68. The van der Waals surface area contributed by atoms with E-state index in [1.165, 1.54) is 10.9 Å². The number of carbonyl (C=O) groups is 1. The van der Waals surface area contributed by atoms with Crippen molar-refractivity contribution < 1.29 is 4.79 Å². The second kappa shape index (κ2) is 7.99. The van der Waals surface area contributed by atoms with Crippen LogP contribution in [0.1, 0.15) is 55.8 Å². The Balaban J connectivity index is 1.71. The van der Waals surface area contributed by atoms with Crippen LogP contribution >= 0.6 is 0 Å². The van der Waals surface area contributed by atoms with Crippen LogP contribution in [0.15, 0.2) is 36.5 Å². The molecule has 1 amide bonds. The molecule has 29 heavy (non-hydrogen) atoms. The third-order valence-corrected chi connectivity index (χ3v) is 5.93. The van der Waals surface area contributed by atoms with Gasteiger partial charge < -0.3 is 15.6 Å². The zero-order chi connectivity index (χ0) is 20.5. The van der Waals surface area contributed by atoms with Gasteiger partial charge in [-0.05, 0) is 68.1 Å². The Bertz CT molecular complexity index is 1030. The average Bonchev–Trinajstić information content (AvgIpc) is 3.34. The molecule has 0 spiro atoms. The number of aryl methyl sites for hydroxylation is 1. The van der Waals surface area contributed by atoms with Gasteiger partial charge >= 0.3 is 0 Å². The van der Waals surface area contributed by atoms with Gasteiger partial charge in [-0.1, -0.05) is 19.9 Å². The molecule has 4 rings (SSSR count). The Morgan fingerprint density at radius 2 is 2.03 bits per heavy atom. The molecule has 2 aromatic heterocycles. The number of fused-ring (bicyclic) bond motifs is 1. The third kappa shape index (κ3) is 3.92. The Labute approximate surface area is 172 Å². The number of nitrogens with one attached hydrogen (secondary N) is 3. The lowest BCUT2D eigenvalue weighted by Crippen LogP contribution is -2.38. The van der Waals surface area contributed by atoms with Gasteiger partial charge in [-0.15, -0.1) is 0 Å². The number of benzene rings is 1. The standard InChI is InChI=1S/C24H30N4O/c1-14(2)22-20-12-17(16(4)24(29)27-19-8-9-25-13-19)5-6-21(20)28-23(22)18-7-10-26-15(3)11-18/h5-7,10-12,14,16,19,25,28H,8-9,13H2,1-4H3,(H,27,29). The molecule has 3 heterocycles. The molecule has 0 bridgehead atoms. The summed E-state index contributed by atoms with van der Waals surface area (Å²) in [6.07, 6.45) is 2.86. The van der Waals surface area contributed by atoms with E-state index in [4.69, 9.17) is 0 Å². The monoisotopic (exact) mass is 390 g/mol. The SMILES string of the molecule is Cc1cc(-c2[nH]c3ccc(C(C)C(=O)NC4CCNC4)cc3c2C(C)C)ccn1. The van der Waals surface area contributed by atoms with E-state index in [0.29, 0.717) is 5.92 Å². The number of pyridine rings is 1. The van der Waals surface area contributed by atoms with Crippen molar-refractivity contribution in [2.45, 2.75) is 52.0 Å². The van der Waals surface area contributed by atoms with Crippen LogP contribution in [0, 0.1) is 6.92 Å². The van der Waals surface area contributed by atoms with Crippen molar-refractivity contribution in [1.29, 1.82) is 0 Å². The molecule has 3 aromatic rings. The molecule has 1 aliphatic rings. The van der Waals surface area contributed by atoms with Crippen LogP contribution in [0.3, 0.4) is 0 Å². The van der Waals surface area contributed by atoms with E-state index in [1.54, 1.807) is 0 Å². The number of aromatic nitrogens is 2. The second-order valence-electron chi connectivity index (χ2n) is 8.48. The van der Waals surface area contributed by atoms with Gasteiger partial charge in [0.25, 0.3) is 0 Å². The maximum Gasteiger partial charge on any atom is 0.227 e. The molecule has 1 aromatic carbocycles. The van der Waals surface area contributed by atoms with Crippen molar-refractivity contribution in [3.05, 3.63) is 53.3 Å². The second-order valence-corrected chi connectivity index (χ2v) is 8.48. The van der Waals surface area contributed by atoms with Crippen molar-refractivity contribution in [2.75, 3.05) is 13.1 Å². The number of aromatic amines is 1. The molecule has 2 atom stereocenters. The summed E-state index contributed by atoms with van der Waals surface area (Å²) in [5.41, 5.74) is 6.75. The van der Waals surface area contributed by atoms with Crippen molar-refractivity contribution in [2.24, 2.45) is 0 Å². The smallest absolute Gasteiger partial charge is 0.227 e. The van der Waals surface area contributed by atoms with E-state index < -0.39 is 0 Å². The minimum absolute atomic E-state index is 0.102. The molecule has 3 N–H and O–H groups in total. The summed E-state index contributed by atoms with van der Waals surface area (Å²) in [4.78, 5) is 20.7. The zero-order valence-electron chi connectivity index (χ0n) is 17.7. The largest absolute Gasteiger partial charge is 0.354 e. The minimum atomic E-state index is -0.179. The normalized spacial score (nSPS) is 17.8. The molecule has 1 saturated heterocycles. The molecule has 0 saturated carbocycles. The topological polar surface area (TPSA) is 69.8 Å². The number of nitrogens with zero attached hydrogens (tertiary/aromatic N) is 1. The third-order valence-electron chi connectivity index (χ3n) is 5.93. The highest BCUT2D eigenvalue weighted by molar-refractivity contribution is 5.93. The molecule has 2 unspecified atom stereocenters. The fourth-order valence-corrected chi connectivity index (χ4v) is 4.28. The first kappa shape index (κ1) is 19.6. The van der Waals surface area contributed by atoms with E-state index in [2.05, 4.69) is 64.8 Å². The predicted octanol–water partition coefficient (Wildman–Crippen LogP) is 4.24. The van der Waals surface area contributed by atoms with Gasteiger partial charge in [0.1, 0.15) is 0 Å². The van der Waals surface area contributed by atoms with E-state index in [1.807, 2.05) is 20.0 Å². The van der Waals surface area contributed by atoms with E-state index in [-0.39, 0.29) is 17.9 Å². The maximum absolute atomic E-state index is 12.8. The first-order chi connectivity index (χ1) is 13.9. The minimum Gasteiger partial charge on any atom is -0.354 e. The van der Waals surface area contributed by atoms with Crippen LogP contribution in [0.2, 0.25) is 0 Å². The van der Waals surface area contributed by atoms with E-state index >= 15 is 0 Å². The molecule has 5 heteroatoms. The van der Waals surface area contributed by atoms with Crippen LogP contribution < -0.4 is 10.6 Å². The van der Waals surface area contributed by atoms with Crippen molar-refractivity contribution in [1.82, 2.24) is 20.6 Å². The van der Waals surface area contributed by atoms with Crippen molar-refractivity contribution in [3.63, 3.8) is 0 Å². The average molecular weight is 391 g/mol. The maximum atomic E-state index is 12.8. The van der Waals surface area contributed by atoms with E-state index in [9.17, 15) is 4.79 Å². The lowest BCUT2D eigenvalue weighted by molar-refractivity contribution is -0.122. The highest BCUT2D eigenvalue weighted by Crippen LogP contribution is 2.36. The number of hydrogen-bond acceptors (Lipinski definition) is 3. The Kier molecular flexibility index (Phi) is 5.41. The Hall–Kier alpha value is -2.66. The fourth-order valence-electron chi connectivity index (χ4n) is 4.28. The fraction of sp³-hybridized carbons (Fsp3) is 0.417. The highest BCUT2D eigenvalue weighted by atomic mass is 16.1. The lowest BCUT2D eigenvalue weighted by Gasteiger charge is -2.17. The van der Waals surface area contributed by atoms with Gasteiger partial charge in [-0.25, -0.2) is 0 Å². The number of amides is 1.